The van der Waals surface area contributed by atoms with Crippen molar-refractivity contribution < 1.29 is 23.7 Å². The van der Waals surface area contributed by atoms with Crippen LogP contribution in [0, 0.1) is 0 Å². The fraction of sp³-hybridized carbons (Fsp3) is 0.130. The molecule has 0 amide bonds. The number of para-hydroxylation sites is 1. The normalized spacial score (nSPS) is 12.6. The number of hydrogen-bond donors (Lipinski definition) is 0. The first-order valence-corrected chi connectivity index (χ1v) is 9.18. The Hall–Kier alpha value is -3.80. The molecule has 0 N–H and O–H groups in total. The molecule has 0 spiro atoms. The smallest absolute Gasteiger partial charge is 0.331 e. The van der Waals surface area contributed by atoms with Gasteiger partial charge in [0.25, 0.3) is 0 Å². The Bertz CT molecular complexity index is 1020. The molecule has 0 radical (unpaired) electrons. The number of rotatable bonds is 6. The van der Waals surface area contributed by atoms with E-state index in [0.29, 0.717) is 36.2 Å². The molecule has 1 aliphatic rings. The van der Waals surface area contributed by atoms with Gasteiger partial charge in [0, 0.05) is 17.8 Å². The third-order valence-corrected chi connectivity index (χ3v) is 4.18. The Morgan fingerprint density at radius 2 is 1.90 bits per heavy atom. The van der Waals surface area contributed by atoms with Gasteiger partial charge in [-0.2, -0.15) is 0 Å². The maximum absolute atomic E-state index is 12.1. The lowest BCUT2D eigenvalue weighted by atomic mass is 10.2. The van der Waals surface area contributed by atoms with Crippen LogP contribution in [0.25, 0.3) is 6.08 Å². The van der Waals surface area contributed by atoms with Gasteiger partial charge in [-0.25, -0.2) is 4.79 Å². The van der Waals surface area contributed by atoms with E-state index in [0.717, 1.165) is 11.1 Å². The van der Waals surface area contributed by atoms with E-state index in [1.54, 1.807) is 24.5 Å². The second-order valence-electron chi connectivity index (χ2n) is 6.24. The number of hydrogen-bond acceptors (Lipinski definition) is 6. The van der Waals surface area contributed by atoms with Gasteiger partial charge in [0.1, 0.15) is 31.3 Å². The zero-order valence-corrected chi connectivity index (χ0v) is 15.6. The van der Waals surface area contributed by atoms with Crippen LogP contribution in [0.2, 0.25) is 0 Å². The van der Waals surface area contributed by atoms with Gasteiger partial charge in [0.05, 0.1) is 6.20 Å². The van der Waals surface area contributed by atoms with E-state index in [1.165, 1.54) is 6.08 Å². The van der Waals surface area contributed by atoms with E-state index in [9.17, 15) is 4.79 Å². The van der Waals surface area contributed by atoms with Crippen molar-refractivity contribution in [1.82, 2.24) is 4.98 Å². The summed E-state index contributed by atoms with van der Waals surface area (Å²) in [5.74, 6) is 2.17. The minimum absolute atomic E-state index is 0.0980. The summed E-state index contributed by atoms with van der Waals surface area (Å²) in [6, 6.07) is 16.5. The lowest BCUT2D eigenvalue weighted by molar-refractivity contribution is -0.138. The Kier molecular flexibility index (Phi) is 5.71. The lowest BCUT2D eigenvalue weighted by Crippen LogP contribution is -2.15. The van der Waals surface area contributed by atoms with Crippen LogP contribution in [0.1, 0.15) is 11.1 Å². The second kappa shape index (κ2) is 8.93. The molecule has 1 aliphatic heterocycles. The number of benzene rings is 2. The molecule has 1 aromatic heterocycles. The van der Waals surface area contributed by atoms with E-state index in [1.807, 2.05) is 48.5 Å². The van der Waals surface area contributed by atoms with E-state index in [4.69, 9.17) is 18.9 Å². The molecule has 6 nitrogen and oxygen atoms in total. The Morgan fingerprint density at radius 1 is 1.03 bits per heavy atom. The van der Waals surface area contributed by atoms with E-state index < -0.39 is 5.97 Å². The van der Waals surface area contributed by atoms with Crippen molar-refractivity contribution in [3.05, 3.63) is 84.2 Å². The Morgan fingerprint density at radius 3 is 2.76 bits per heavy atom. The first-order chi connectivity index (χ1) is 14.3. The van der Waals surface area contributed by atoms with Crippen LogP contribution in [0.5, 0.6) is 23.0 Å². The van der Waals surface area contributed by atoms with Crippen LogP contribution in [0.15, 0.2) is 73.1 Å². The Labute approximate surface area is 168 Å². The highest BCUT2D eigenvalue weighted by molar-refractivity contribution is 5.87. The predicted octanol–water partition coefficient (Wildman–Crippen LogP) is 4.40. The number of nitrogens with zero attached hydrogens (tertiary/aromatic N) is 1. The third kappa shape index (κ3) is 4.93. The molecular formula is C23H19NO5. The summed E-state index contributed by atoms with van der Waals surface area (Å²) in [6.07, 6.45) is 6.36. The summed E-state index contributed by atoms with van der Waals surface area (Å²) in [5, 5.41) is 0. The molecule has 2 heterocycles. The molecule has 146 valence electrons. The van der Waals surface area contributed by atoms with Crippen LogP contribution in [0.4, 0.5) is 0 Å². The molecular weight excluding hydrogens is 370 g/mol. The van der Waals surface area contributed by atoms with Crippen molar-refractivity contribution in [3.63, 3.8) is 0 Å². The predicted molar refractivity (Wildman–Crippen MR) is 107 cm³/mol. The van der Waals surface area contributed by atoms with Crippen molar-refractivity contribution in [2.45, 2.75) is 6.61 Å². The fourth-order valence-electron chi connectivity index (χ4n) is 2.78. The van der Waals surface area contributed by atoms with Gasteiger partial charge in [-0.3, -0.25) is 4.98 Å². The number of carbonyl (C=O) groups is 1. The lowest BCUT2D eigenvalue weighted by Gasteiger charge is -2.18. The second-order valence-corrected chi connectivity index (χ2v) is 6.24. The molecule has 2 aromatic carbocycles. The highest BCUT2D eigenvalue weighted by Crippen LogP contribution is 2.31. The average molecular weight is 389 g/mol. The first kappa shape index (κ1) is 18.6. The molecule has 0 fully saturated rings. The van der Waals surface area contributed by atoms with Crippen molar-refractivity contribution >= 4 is 12.0 Å². The molecule has 0 atom stereocenters. The zero-order valence-electron chi connectivity index (χ0n) is 15.6. The van der Waals surface area contributed by atoms with E-state index >= 15 is 0 Å². The number of carbonyl (C=O) groups excluding carboxylic acids is 1. The summed E-state index contributed by atoms with van der Waals surface area (Å²) in [6.45, 7) is 1.16. The standard InChI is InChI=1S/C23H19NO5/c25-23(10-8-17-7-9-21-22(14-17)27-13-12-26-21)28-16-18-4-1-2-6-20(18)29-19-5-3-11-24-15-19/h1-11,14-15H,12-13,16H2/b10-8+. The molecule has 0 unspecified atom stereocenters. The maximum Gasteiger partial charge on any atom is 0.331 e. The highest BCUT2D eigenvalue weighted by Gasteiger charge is 2.11. The molecule has 0 saturated heterocycles. The van der Waals surface area contributed by atoms with E-state index in [2.05, 4.69) is 4.98 Å². The largest absolute Gasteiger partial charge is 0.486 e. The number of fused-ring (bicyclic) bond motifs is 1. The highest BCUT2D eigenvalue weighted by atomic mass is 16.6. The minimum Gasteiger partial charge on any atom is -0.486 e. The summed E-state index contributed by atoms with van der Waals surface area (Å²) in [4.78, 5) is 16.2. The number of pyridine rings is 1. The number of ether oxygens (including phenoxy) is 4. The van der Waals surface area contributed by atoms with Crippen molar-refractivity contribution in [3.8, 4) is 23.0 Å². The minimum atomic E-state index is -0.448. The van der Waals surface area contributed by atoms with Gasteiger partial charge >= 0.3 is 5.97 Å². The van der Waals surface area contributed by atoms with Gasteiger partial charge in [0.15, 0.2) is 11.5 Å². The van der Waals surface area contributed by atoms with Crippen LogP contribution in [-0.4, -0.2) is 24.2 Å². The molecule has 29 heavy (non-hydrogen) atoms. The van der Waals surface area contributed by atoms with Crippen molar-refractivity contribution in [2.75, 3.05) is 13.2 Å². The molecule has 6 heteroatoms. The summed E-state index contributed by atoms with van der Waals surface area (Å²) in [5.41, 5.74) is 1.59. The summed E-state index contributed by atoms with van der Waals surface area (Å²) >= 11 is 0. The van der Waals surface area contributed by atoms with Crippen molar-refractivity contribution in [2.24, 2.45) is 0 Å². The molecule has 4 rings (SSSR count). The first-order valence-electron chi connectivity index (χ1n) is 9.18. The molecule has 3 aromatic rings. The zero-order chi connectivity index (χ0) is 19.9. The van der Waals surface area contributed by atoms with Gasteiger partial charge in [0.2, 0.25) is 0 Å². The van der Waals surface area contributed by atoms with Gasteiger partial charge < -0.3 is 18.9 Å². The summed E-state index contributed by atoms with van der Waals surface area (Å²) < 4.78 is 22.2. The van der Waals surface area contributed by atoms with Crippen LogP contribution < -0.4 is 14.2 Å². The fourth-order valence-corrected chi connectivity index (χ4v) is 2.78. The summed E-state index contributed by atoms with van der Waals surface area (Å²) in [7, 11) is 0. The van der Waals surface area contributed by atoms with Gasteiger partial charge in [-0.1, -0.05) is 24.3 Å². The average Bonchev–Trinajstić information content (AvgIpc) is 2.77. The third-order valence-electron chi connectivity index (χ3n) is 4.18. The SMILES string of the molecule is O=C(/C=C/c1ccc2c(c1)OCCO2)OCc1ccccc1Oc1cccnc1. The van der Waals surface area contributed by atoms with Crippen LogP contribution in [-0.2, 0) is 16.1 Å². The van der Waals surface area contributed by atoms with Crippen LogP contribution >= 0.6 is 0 Å². The molecule has 0 aliphatic carbocycles. The van der Waals surface area contributed by atoms with Gasteiger partial charge in [-0.15, -0.1) is 0 Å². The molecule has 0 bridgehead atoms. The van der Waals surface area contributed by atoms with Crippen LogP contribution in [0.3, 0.4) is 0 Å². The molecule has 0 saturated carbocycles. The maximum atomic E-state index is 12.1. The van der Waals surface area contributed by atoms with Gasteiger partial charge in [-0.05, 0) is 42.0 Å². The quantitative estimate of drug-likeness (QED) is 0.460. The monoisotopic (exact) mass is 389 g/mol. The number of aromatic nitrogens is 1. The topological polar surface area (TPSA) is 66.9 Å². The van der Waals surface area contributed by atoms with E-state index in [-0.39, 0.29) is 6.61 Å². The Balaban J connectivity index is 1.37. The van der Waals surface area contributed by atoms with Crippen molar-refractivity contribution in [1.29, 1.82) is 0 Å². The number of esters is 1.